The Hall–Kier alpha value is -9.18. The quantitative estimate of drug-likeness (QED) is 0.0751. The van der Waals surface area contributed by atoms with Crippen LogP contribution < -0.4 is 15.5 Å². The summed E-state index contributed by atoms with van der Waals surface area (Å²) in [5.41, 5.74) is 25.5. The third kappa shape index (κ3) is 11.3. The lowest BCUT2D eigenvalue weighted by atomic mass is 9.61. The highest BCUT2D eigenvalue weighted by atomic mass is 16.5. The summed E-state index contributed by atoms with van der Waals surface area (Å²) in [4.78, 5) is 2.50. The third-order valence-corrected chi connectivity index (χ3v) is 20.6. The molecule has 0 radical (unpaired) electrons. The van der Waals surface area contributed by atoms with Crippen LogP contribution in [0.25, 0.3) is 73.2 Å². The smallest absolute Gasteiger partial charge is 0.0963 e. The molecule has 0 bridgehead atoms. The van der Waals surface area contributed by atoms with Gasteiger partial charge in [0, 0.05) is 56.5 Å². The predicted molar refractivity (Wildman–Crippen MR) is 382 cm³/mol. The van der Waals surface area contributed by atoms with E-state index in [9.17, 15) is 0 Å². The lowest BCUT2D eigenvalue weighted by Gasteiger charge is -2.42. The molecule has 5 unspecified atom stereocenters. The normalized spacial score (nSPS) is 18.9. The van der Waals surface area contributed by atoms with Gasteiger partial charge in [-0.05, 0) is 234 Å². The van der Waals surface area contributed by atoms with Crippen LogP contribution in [-0.4, -0.2) is 11.2 Å². The number of allylic oxidation sites excluding steroid dienone is 12. The number of anilines is 3. The summed E-state index contributed by atoms with van der Waals surface area (Å²) >= 11 is 0. The standard InChI is InChI=1S/C87H84N2O/c1-7-63-30-34-67(35-31-63)69-40-50-85-81(54-69)82-55-70(41-51-86(82)89(85)72-24-16-11-17-25-72)80-53-61(5)79(52-62(80)6)68-38-44-74(45-39-68)88(73-42-36-66(37-43-73)65-20-12-9-13-21-65)75-46-49-78-77-26-18-19-27-83(77)87(84(78)56-75,71-22-14-10-15-23-71)57-59(3)28-29-60(4)58-90-76-47-32-64(8-2)33-48-76/h7-9,11-14,16-22,24-27,30,32,34,36-39,41-47,49-56,59-60,69,71H,1-2,10,15,23,28-29,31,33,35,40,48,57-58H2,3-6H3. The topological polar surface area (TPSA) is 17.4 Å². The Bertz CT molecular complexity index is 4490. The number of aryl methyl sites for hydroxylation is 2. The number of rotatable bonds is 19. The average Bonchev–Trinajstić information content (AvgIpc) is 1.55. The van der Waals surface area contributed by atoms with E-state index in [2.05, 4.69) is 281 Å². The molecule has 90 heavy (non-hydrogen) atoms. The highest BCUT2D eigenvalue weighted by Crippen LogP contribution is 2.59. The molecule has 5 aliphatic carbocycles. The maximum atomic E-state index is 6.42. The zero-order chi connectivity index (χ0) is 61.3. The molecule has 0 amide bonds. The second-order valence-corrected chi connectivity index (χ2v) is 26.5. The summed E-state index contributed by atoms with van der Waals surface area (Å²) in [5.74, 6) is 2.83. The van der Waals surface area contributed by atoms with Crippen LogP contribution in [0.2, 0.25) is 0 Å². The van der Waals surface area contributed by atoms with Gasteiger partial charge in [-0.2, -0.15) is 0 Å². The number of hydrogen-bond donors (Lipinski definition) is 0. The first kappa shape index (κ1) is 58.5. The van der Waals surface area contributed by atoms with Crippen LogP contribution >= 0.6 is 0 Å². The molecule has 5 atom stereocenters. The first-order chi connectivity index (χ1) is 44.1. The molecule has 8 aromatic carbocycles. The van der Waals surface area contributed by atoms with Crippen molar-refractivity contribution in [2.24, 2.45) is 23.7 Å². The maximum Gasteiger partial charge on any atom is 0.0963 e. The van der Waals surface area contributed by atoms with Gasteiger partial charge in [0.25, 0.3) is 0 Å². The molecule has 0 saturated carbocycles. The zero-order valence-corrected chi connectivity index (χ0v) is 53.1. The first-order valence-electron chi connectivity index (χ1n) is 33.3. The van der Waals surface area contributed by atoms with Crippen LogP contribution in [0, 0.1) is 37.5 Å². The molecule has 1 heterocycles. The molecule has 5 aliphatic rings. The third-order valence-electron chi connectivity index (χ3n) is 20.6. The van der Waals surface area contributed by atoms with E-state index in [1.54, 1.807) is 0 Å². The van der Waals surface area contributed by atoms with Crippen LogP contribution in [-0.2, 0) is 10.2 Å². The molecule has 0 aliphatic heterocycles. The molecule has 14 rings (SSSR count). The zero-order valence-electron chi connectivity index (χ0n) is 53.1. The van der Waals surface area contributed by atoms with Crippen molar-refractivity contribution in [2.45, 2.75) is 104 Å². The van der Waals surface area contributed by atoms with E-state index >= 15 is 0 Å². The van der Waals surface area contributed by atoms with Gasteiger partial charge < -0.3 is 14.2 Å². The Kier molecular flexibility index (Phi) is 16.5. The monoisotopic (exact) mass is 1170 g/mol. The van der Waals surface area contributed by atoms with E-state index in [-0.39, 0.29) is 5.41 Å². The Morgan fingerprint density at radius 3 is 1.91 bits per heavy atom. The van der Waals surface area contributed by atoms with E-state index in [1.165, 1.54) is 129 Å². The van der Waals surface area contributed by atoms with Crippen LogP contribution in [0.3, 0.4) is 0 Å². The van der Waals surface area contributed by atoms with Crippen molar-refractivity contribution in [3.8, 4) is 50.2 Å². The molecule has 3 nitrogen and oxygen atoms in total. The SMILES string of the molecule is C=CC1=CC=C(OCC(C)CCC(C)CC2(C3C=CCCC3)c3ccccc3-c3ccc(N(c4ccc(-c5ccccc5)cc4)c4ccc(-c5cc(C)c(-c6ccc7c(c6)c6c(n7-c7ccccc7)=CCC(C7=CC=C(C=C)CC7)C=6)cc5C)cc4)cc32)CC1. The van der Waals surface area contributed by atoms with Gasteiger partial charge in [-0.1, -0.05) is 215 Å². The second kappa shape index (κ2) is 25.4. The summed E-state index contributed by atoms with van der Waals surface area (Å²) < 4.78 is 8.90. The van der Waals surface area contributed by atoms with Gasteiger partial charge in [-0.25, -0.2) is 0 Å². The molecule has 0 N–H and O–H groups in total. The lowest BCUT2D eigenvalue weighted by Crippen LogP contribution is -2.36. The molecule has 1 aromatic heterocycles. The molecule has 448 valence electrons. The van der Waals surface area contributed by atoms with E-state index in [4.69, 9.17) is 4.74 Å². The van der Waals surface area contributed by atoms with Crippen molar-refractivity contribution < 1.29 is 4.74 Å². The molecule has 0 saturated heterocycles. The number of nitrogens with zero attached hydrogens (tertiary/aromatic N) is 2. The lowest BCUT2D eigenvalue weighted by molar-refractivity contribution is 0.154. The van der Waals surface area contributed by atoms with E-state index in [0.29, 0.717) is 23.7 Å². The van der Waals surface area contributed by atoms with Crippen molar-refractivity contribution in [3.63, 3.8) is 0 Å². The molecule has 0 fully saturated rings. The van der Waals surface area contributed by atoms with Crippen molar-refractivity contribution in [2.75, 3.05) is 11.5 Å². The van der Waals surface area contributed by atoms with Gasteiger partial charge in [0.15, 0.2) is 0 Å². The summed E-state index contributed by atoms with van der Waals surface area (Å²) in [6.07, 6.45) is 35.1. The van der Waals surface area contributed by atoms with E-state index in [0.717, 1.165) is 81.5 Å². The Morgan fingerprint density at radius 2 is 1.22 bits per heavy atom. The minimum atomic E-state index is -0.173. The maximum absolute atomic E-state index is 6.42. The van der Waals surface area contributed by atoms with Crippen LogP contribution in [0.15, 0.2) is 266 Å². The van der Waals surface area contributed by atoms with Crippen molar-refractivity contribution in [3.05, 3.63) is 299 Å². The van der Waals surface area contributed by atoms with E-state index < -0.39 is 0 Å². The number of aromatic nitrogens is 1. The van der Waals surface area contributed by atoms with Gasteiger partial charge in [0.1, 0.15) is 0 Å². The highest BCUT2D eigenvalue weighted by molar-refractivity contribution is 5.91. The Balaban J connectivity index is 0.806. The molecule has 0 spiro atoms. The minimum absolute atomic E-state index is 0.173. The molecule has 9 aromatic rings. The highest BCUT2D eigenvalue weighted by Gasteiger charge is 2.49. The largest absolute Gasteiger partial charge is 0.498 e. The van der Waals surface area contributed by atoms with Gasteiger partial charge in [-0.15, -0.1) is 0 Å². The number of fused-ring (bicyclic) bond motifs is 6. The predicted octanol–water partition coefficient (Wildman–Crippen LogP) is 22.0. The van der Waals surface area contributed by atoms with Gasteiger partial charge in [0.2, 0.25) is 0 Å². The number of para-hydroxylation sites is 1. The number of ether oxygens (including phenoxy) is 1. The Labute approximate surface area is 534 Å². The summed E-state index contributed by atoms with van der Waals surface area (Å²) in [6, 6.07) is 69.1. The summed E-state index contributed by atoms with van der Waals surface area (Å²) in [6.45, 7) is 18.2. The second-order valence-electron chi connectivity index (χ2n) is 26.5. The van der Waals surface area contributed by atoms with Gasteiger partial charge in [-0.3, -0.25) is 0 Å². The fourth-order valence-electron chi connectivity index (χ4n) is 15.8. The fourth-order valence-corrected chi connectivity index (χ4v) is 15.8. The van der Waals surface area contributed by atoms with Gasteiger partial charge >= 0.3 is 0 Å². The number of hydrogen-bond acceptors (Lipinski definition) is 2. The van der Waals surface area contributed by atoms with Crippen LogP contribution in [0.4, 0.5) is 17.1 Å². The first-order valence-corrected chi connectivity index (χ1v) is 33.3. The average molecular weight is 1170 g/mol. The number of benzene rings is 8. The molecule has 3 heteroatoms. The Morgan fingerprint density at radius 1 is 0.589 bits per heavy atom. The van der Waals surface area contributed by atoms with Crippen LogP contribution in [0.1, 0.15) is 107 Å². The summed E-state index contributed by atoms with van der Waals surface area (Å²) in [7, 11) is 0. The van der Waals surface area contributed by atoms with Gasteiger partial charge in [0.05, 0.1) is 17.9 Å². The van der Waals surface area contributed by atoms with Crippen LogP contribution in [0.5, 0.6) is 0 Å². The van der Waals surface area contributed by atoms with E-state index in [1.807, 2.05) is 12.2 Å². The van der Waals surface area contributed by atoms with Crippen molar-refractivity contribution >= 4 is 40.1 Å². The van der Waals surface area contributed by atoms with Crippen molar-refractivity contribution in [1.82, 2.24) is 4.57 Å². The summed E-state index contributed by atoms with van der Waals surface area (Å²) in [5, 5.41) is 3.94. The molecular formula is C87H84N2O. The molecular weight excluding hydrogens is 1090 g/mol. The minimum Gasteiger partial charge on any atom is -0.498 e. The van der Waals surface area contributed by atoms with Crippen molar-refractivity contribution in [1.29, 1.82) is 0 Å². The fraction of sp³-hybridized carbons (Fsp3) is 0.241.